The van der Waals surface area contributed by atoms with Gasteiger partial charge in [-0.05, 0) is 6.42 Å². The zero-order chi connectivity index (χ0) is 17.0. The van der Waals surface area contributed by atoms with Crippen molar-refractivity contribution in [1.29, 1.82) is 0 Å². The summed E-state index contributed by atoms with van der Waals surface area (Å²) < 4.78 is 85.8. The molecule has 1 aliphatic carbocycles. The Morgan fingerprint density at radius 2 is 1.91 bits per heavy atom. The summed E-state index contributed by atoms with van der Waals surface area (Å²) in [7, 11) is 0. The van der Waals surface area contributed by atoms with Crippen LogP contribution in [0.5, 0.6) is 0 Å². The lowest BCUT2D eigenvalue weighted by atomic mass is 9.89. The van der Waals surface area contributed by atoms with Crippen LogP contribution in [-0.4, -0.2) is 39.7 Å². The second kappa shape index (κ2) is 5.10. The van der Waals surface area contributed by atoms with Crippen molar-refractivity contribution in [2.75, 3.05) is 13.2 Å². The van der Waals surface area contributed by atoms with Crippen molar-refractivity contribution in [1.82, 2.24) is 9.78 Å². The van der Waals surface area contributed by atoms with E-state index in [4.69, 9.17) is 4.74 Å². The molecule has 130 valence electrons. The average molecular weight is 344 g/mol. The summed E-state index contributed by atoms with van der Waals surface area (Å²) in [5.74, 6) is -3.65. The van der Waals surface area contributed by atoms with Crippen LogP contribution in [0.4, 0.5) is 26.3 Å². The van der Waals surface area contributed by atoms with Gasteiger partial charge in [0.15, 0.2) is 11.4 Å². The fourth-order valence-corrected chi connectivity index (χ4v) is 2.86. The lowest BCUT2D eigenvalue weighted by Crippen LogP contribution is -2.46. The highest BCUT2D eigenvalue weighted by atomic mass is 19.4. The van der Waals surface area contributed by atoms with Crippen LogP contribution in [0.2, 0.25) is 0 Å². The van der Waals surface area contributed by atoms with E-state index in [0.29, 0.717) is 0 Å². The number of fused-ring (bicyclic) bond motifs is 1. The molecule has 1 fully saturated rings. The molecule has 1 aromatic heterocycles. The second-order valence-electron chi connectivity index (χ2n) is 5.99. The van der Waals surface area contributed by atoms with Crippen molar-refractivity contribution < 1.29 is 36.2 Å². The minimum Gasteiger partial charge on any atom is -0.382 e. The second-order valence-corrected chi connectivity index (χ2v) is 5.99. The molecule has 1 aromatic rings. The molecule has 0 saturated carbocycles. The van der Waals surface area contributed by atoms with Gasteiger partial charge in [0, 0.05) is 30.6 Å². The van der Waals surface area contributed by atoms with Crippen LogP contribution in [0.25, 0.3) is 0 Å². The van der Waals surface area contributed by atoms with Crippen molar-refractivity contribution in [3.63, 3.8) is 0 Å². The van der Waals surface area contributed by atoms with Crippen LogP contribution < -0.4 is 0 Å². The zero-order valence-corrected chi connectivity index (χ0v) is 11.8. The molecule has 1 unspecified atom stereocenters. The van der Waals surface area contributed by atoms with E-state index in [2.05, 4.69) is 5.10 Å². The number of aryl methyl sites for hydroxylation is 1. The lowest BCUT2D eigenvalue weighted by molar-refractivity contribution is -0.150. The molecular weight excluding hydrogens is 330 g/mol. The van der Waals surface area contributed by atoms with E-state index in [9.17, 15) is 31.4 Å². The summed E-state index contributed by atoms with van der Waals surface area (Å²) >= 11 is 0. The molecule has 1 atom stereocenters. The van der Waals surface area contributed by atoms with Gasteiger partial charge < -0.3 is 9.84 Å². The lowest BCUT2D eigenvalue weighted by Gasteiger charge is -2.34. The first-order valence-electron chi connectivity index (χ1n) is 7.03. The Kier molecular flexibility index (Phi) is 3.67. The van der Waals surface area contributed by atoms with E-state index in [-0.39, 0.29) is 38.3 Å². The fraction of sp³-hybridized carbons (Fsp3) is 0.769. The molecule has 23 heavy (non-hydrogen) atoms. The molecule has 3 rings (SSSR count). The summed E-state index contributed by atoms with van der Waals surface area (Å²) in [5, 5.41) is 13.0. The van der Waals surface area contributed by atoms with E-state index in [0.717, 1.165) is 4.68 Å². The molecule has 1 N–H and O–H groups in total. The molecule has 0 aromatic carbocycles. The SMILES string of the molecule is OC1c2c(C(F)(F)F)nn(CCC3(F)COC3)c2CCC1(F)F. The fourth-order valence-electron chi connectivity index (χ4n) is 2.86. The molecule has 4 nitrogen and oxygen atoms in total. The predicted octanol–water partition coefficient (Wildman–Crippen LogP) is 2.65. The normalized spacial score (nSPS) is 25.8. The molecule has 0 amide bonds. The van der Waals surface area contributed by atoms with E-state index >= 15 is 0 Å². The van der Waals surface area contributed by atoms with Gasteiger partial charge in [0.1, 0.15) is 6.10 Å². The van der Waals surface area contributed by atoms with E-state index < -0.39 is 41.5 Å². The van der Waals surface area contributed by atoms with Crippen LogP contribution in [-0.2, 0) is 23.9 Å². The third-order valence-electron chi connectivity index (χ3n) is 4.23. The maximum atomic E-state index is 13.9. The highest BCUT2D eigenvalue weighted by molar-refractivity contribution is 5.35. The van der Waals surface area contributed by atoms with Gasteiger partial charge in [-0.1, -0.05) is 0 Å². The smallest absolute Gasteiger partial charge is 0.382 e. The monoisotopic (exact) mass is 344 g/mol. The summed E-state index contributed by atoms with van der Waals surface area (Å²) in [6.45, 7) is -0.497. The third kappa shape index (κ3) is 2.82. The van der Waals surface area contributed by atoms with Gasteiger partial charge in [0.05, 0.1) is 13.2 Å². The molecule has 0 bridgehead atoms. The van der Waals surface area contributed by atoms with Crippen LogP contribution in [0.1, 0.15) is 35.9 Å². The molecule has 1 saturated heterocycles. The number of aliphatic hydroxyl groups is 1. The Labute approximate surface area is 127 Å². The quantitative estimate of drug-likeness (QED) is 0.858. The van der Waals surface area contributed by atoms with E-state index in [1.165, 1.54) is 0 Å². The molecule has 0 radical (unpaired) electrons. The minimum atomic E-state index is -4.98. The first-order valence-corrected chi connectivity index (χ1v) is 7.03. The molecule has 1 aliphatic heterocycles. The highest BCUT2D eigenvalue weighted by Crippen LogP contribution is 2.46. The first kappa shape index (κ1) is 16.6. The van der Waals surface area contributed by atoms with Gasteiger partial charge in [0.2, 0.25) is 0 Å². The zero-order valence-electron chi connectivity index (χ0n) is 11.8. The summed E-state index contributed by atoms with van der Waals surface area (Å²) in [6.07, 6.45) is -8.82. The van der Waals surface area contributed by atoms with Crippen molar-refractivity contribution in [3.8, 4) is 0 Å². The van der Waals surface area contributed by atoms with Crippen molar-refractivity contribution in [2.45, 2.75) is 49.7 Å². The largest absolute Gasteiger partial charge is 0.435 e. The molecule has 10 heteroatoms. The van der Waals surface area contributed by atoms with E-state index in [1.807, 2.05) is 0 Å². The topological polar surface area (TPSA) is 47.3 Å². The molecular formula is C13H14F6N2O2. The number of rotatable bonds is 3. The summed E-state index contributed by atoms with van der Waals surface area (Å²) in [4.78, 5) is 0. The van der Waals surface area contributed by atoms with Crippen LogP contribution in [0.15, 0.2) is 0 Å². The van der Waals surface area contributed by atoms with Gasteiger partial charge in [-0.3, -0.25) is 4.68 Å². The average Bonchev–Trinajstić information content (AvgIpc) is 2.78. The van der Waals surface area contributed by atoms with Crippen LogP contribution in [0, 0.1) is 0 Å². The number of alkyl halides is 6. The number of halogens is 6. The number of aromatic nitrogens is 2. The van der Waals surface area contributed by atoms with Gasteiger partial charge >= 0.3 is 6.18 Å². The van der Waals surface area contributed by atoms with Gasteiger partial charge in [-0.15, -0.1) is 0 Å². The van der Waals surface area contributed by atoms with Crippen LogP contribution in [0.3, 0.4) is 0 Å². The van der Waals surface area contributed by atoms with Crippen molar-refractivity contribution >= 4 is 0 Å². The highest BCUT2D eigenvalue weighted by Gasteiger charge is 2.51. The van der Waals surface area contributed by atoms with Crippen molar-refractivity contribution in [3.05, 3.63) is 17.0 Å². The number of ether oxygens (including phenoxy) is 1. The molecule has 2 aliphatic rings. The molecule has 0 spiro atoms. The minimum absolute atomic E-state index is 0.111. The predicted molar refractivity (Wildman–Crippen MR) is 64.7 cm³/mol. The summed E-state index contributed by atoms with van der Waals surface area (Å²) in [5.41, 5.74) is -4.17. The number of hydrogen-bond acceptors (Lipinski definition) is 3. The third-order valence-corrected chi connectivity index (χ3v) is 4.23. The first-order chi connectivity index (χ1) is 10.5. The number of nitrogens with zero attached hydrogens (tertiary/aromatic N) is 2. The van der Waals surface area contributed by atoms with E-state index in [1.54, 1.807) is 0 Å². The Hall–Kier alpha value is -1.29. The number of aliphatic hydroxyl groups excluding tert-OH is 1. The van der Waals surface area contributed by atoms with Crippen molar-refractivity contribution in [2.24, 2.45) is 0 Å². The Balaban J connectivity index is 1.95. The van der Waals surface area contributed by atoms with Gasteiger partial charge in [-0.2, -0.15) is 18.3 Å². The Bertz CT molecular complexity index is 608. The maximum Gasteiger partial charge on any atom is 0.435 e. The molecule has 2 heterocycles. The van der Waals surface area contributed by atoms with Crippen LogP contribution >= 0.6 is 0 Å². The Morgan fingerprint density at radius 1 is 1.26 bits per heavy atom. The van der Waals surface area contributed by atoms with Gasteiger partial charge in [-0.25, -0.2) is 13.2 Å². The maximum absolute atomic E-state index is 13.9. The number of hydrogen-bond donors (Lipinski definition) is 1. The van der Waals surface area contributed by atoms with Gasteiger partial charge in [0.25, 0.3) is 5.92 Å². The Morgan fingerprint density at radius 3 is 2.43 bits per heavy atom. The summed E-state index contributed by atoms with van der Waals surface area (Å²) in [6, 6.07) is 0. The standard InChI is InChI=1S/C13H14F6N2O2/c14-11(5-23-6-11)3-4-21-7-1-2-12(15,16)10(22)8(7)9(20-21)13(17,18)19/h10,22H,1-6H2.